The zero-order valence-electron chi connectivity index (χ0n) is 8.44. The Morgan fingerprint density at radius 2 is 2.24 bits per heavy atom. The molecule has 6 heteroatoms. The topological polar surface area (TPSA) is 89.8 Å². The number of nitrogens with one attached hydrogen (secondary N) is 1. The van der Waals surface area contributed by atoms with Gasteiger partial charge in [-0.3, -0.25) is 4.79 Å². The molecule has 0 saturated carbocycles. The molecule has 0 aliphatic carbocycles. The summed E-state index contributed by atoms with van der Waals surface area (Å²) >= 11 is 0. The molecule has 0 aliphatic rings. The van der Waals surface area contributed by atoms with Gasteiger partial charge in [0.25, 0.3) is 5.56 Å². The van der Waals surface area contributed by atoms with Crippen molar-refractivity contribution >= 4 is 0 Å². The van der Waals surface area contributed by atoms with Crippen molar-refractivity contribution in [1.29, 1.82) is 5.26 Å². The standard InChI is InChI=1S/C11H6FN3O2/c12-8-2-1-6(3-7(8)4-13)10-14-5-9(16)11(17)15-10/h1-3,5,16H,(H,14,15,17). The molecule has 5 nitrogen and oxygen atoms in total. The minimum atomic E-state index is -0.696. The molecular weight excluding hydrogens is 225 g/mol. The van der Waals surface area contributed by atoms with Crippen LogP contribution in [0, 0.1) is 17.1 Å². The van der Waals surface area contributed by atoms with Gasteiger partial charge in [0, 0.05) is 5.56 Å². The van der Waals surface area contributed by atoms with E-state index in [-0.39, 0.29) is 11.4 Å². The van der Waals surface area contributed by atoms with Crippen LogP contribution in [0.2, 0.25) is 0 Å². The van der Waals surface area contributed by atoms with E-state index in [1.54, 1.807) is 6.07 Å². The highest BCUT2D eigenvalue weighted by molar-refractivity contribution is 5.58. The number of hydrogen-bond donors (Lipinski definition) is 2. The highest BCUT2D eigenvalue weighted by atomic mass is 19.1. The first-order valence-corrected chi connectivity index (χ1v) is 4.60. The minimum Gasteiger partial charge on any atom is -0.502 e. The van der Waals surface area contributed by atoms with Gasteiger partial charge in [0.05, 0.1) is 11.8 Å². The van der Waals surface area contributed by atoms with Crippen molar-refractivity contribution in [3.63, 3.8) is 0 Å². The molecule has 1 heterocycles. The lowest BCUT2D eigenvalue weighted by Gasteiger charge is -2.01. The van der Waals surface area contributed by atoms with E-state index in [1.165, 1.54) is 12.1 Å². The maximum Gasteiger partial charge on any atom is 0.293 e. The number of aromatic nitrogens is 2. The Morgan fingerprint density at radius 3 is 2.88 bits per heavy atom. The van der Waals surface area contributed by atoms with Crippen molar-refractivity contribution in [2.75, 3.05) is 0 Å². The van der Waals surface area contributed by atoms with Crippen LogP contribution in [0.25, 0.3) is 11.4 Å². The summed E-state index contributed by atoms with van der Waals surface area (Å²) in [6.45, 7) is 0. The minimum absolute atomic E-state index is 0.141. The molecule has 2 aromatic rings. The van der Waals surface area contributed by atoms with Crippen LogP contribution in [0.4, 0.5) is 4.39 Å². The second-order valence-corrected chi connectivity index (χ2v) is 3.25. The SMILES string of the molecule is N#Cc1cc(-c2ncc(O)c(=O)[nH]2)ccc1F. The average molecular weight is 231 g/mol. The molecule has 1 aromatic carbocycles. The van der Waals surface area contributed by atoms with Crippen LogP contribution in [0.3, 0.4) is 0 Å². The van der Waals surface area contributed by atoms with Gasteiger partial charge in [-0.15, -0.1) is 0 Å². The first-order valence-electron chi connectivity index (χ1n) is 4.60. The zero-order chi connectivity index (χ0) is 12.4. The Hall–Kier alpha value is -2.68. The van der Waals surface area contributed by atoms with E-state index < -0.39 is 17.1 Å². The molecular formula is C11H6FN3O2. The van der Waals surface area contributed by atoms with E-state index in [2.05, 4.69) is 9.97 Å². The number of rotatable bonds is 1. The van der Waals surface area contributed by atoms with Gasteiger partial charge in [-0.05, 0) is 18.2 Å². The quantitative estimate of drug-likeness (QED) is 0.770. The smallest absolute Gasteiger partial charge is 0.293 e. The van der Waals surface area contributed by atoms with Crippen molar-refractivity contribution in [1.82, 2.24) is 9.97 Å². The highest BCUT2D eigenvalue weighted by Gasteiger charge is 2.07. The van der Waals surface area contributed by atoms with Gasteiger partial charge in [-0.25, -0.2) is 9.37 Å². The maximum absolute atomic E-state index is 13.1. The van der Waals surface area contributed by atoms with Gasteiger partial charge >= 0.3 is 0 Å². The summed E-state index contributed by atoms with van der Waals surface area (Å²) in [5.41, 5.74) is -0.448. The molecule has 0 bridgehead atoms. The third kappa shape index (κ3) is 1.99. The Balaban J connectivity index is 2.58. The molecule has 17 heavy (non-hydrogen) atoms. The van der Waals surface area contributed by atoms with Crippen LogP contribution < -0.4 is 5.56 Å². The number of H-pyrrole nitrogens is 1. The molecule has 0 radical (unpaired) electrons. The summed E-state index contributed by atoms with van der Waals surface area (Å²) in [7, 11) is 0. The predicted molar refractivity (Wildman–Crippen MR) is 56.6 cm³/mol. The normalized spacial score (nSPS) is 9.88. The Bertz CT molecular complexity index is 673. The first-order chi connectivity index (χ1) is 8.11. The van der Waals surface area contributed by atoms with E-state index in [0.29, 0.717) is 5.56 Å². The van der Waals surface area contributed by atoms with Gasteiger partial charge in [0.1, 0.15) is 17.7 Å². The predicted octanol–water partition coefficient (Wildman–Crippen LogP) is 1.15. The fourth-order valence-corrected chi connectivity index (χ4v) is 1.29. The Labute approximate surface area is 94.8 Å². The van der Waals surface area contributed by atoms with Gasteiger partial charge in [-0.2, -0.15) is 5.26 Å². The van der Waals surface area contributed by atoms with Gasteiger partial charge < -0.3 is 10.1 Å². The number of benzene rings is 1. The van der Waals surface area contributed by atoms with E-state index in [4.69, 9.17) is 10.4 Å². The highest BCUT2D eigenvalue weighted by Crippen LogP contribution is 2.17. The second kappa shape index (κ2) is 4.06. The largest absolute Gasteiger partial charge is 0.502 e. The molecule has 0 amide bonds. The number of aromatic amines is 1. The number of nitrogens with zero attached hydrogens (tertiary/aromatic N) is 2. The Morgan fingerprint density at radius 1 is 1.47 bits per heavy atom. The Kier molecular flexibility index (Phi) is 2.58. The van der Waals surface area contributed by atoms with Gasteiger partial charge in [0.15, 0.2) is 5.75 Å². The third-order valence-corrected chi connectivity index (χ3v) is 2.14. The van der Waals surface area contributed by atoms with Crippen LogP contribution in [0.5, 0.6) is 5.75 Å². The summed E-state index contributed by atoms with van der Waals surface area (Å²) in [4.78, 5) is 17.2. The number of aromatic hydroxyl groups is 1. The van der Waals surface area contributed by atoms with Crippen LogP contribution in [0.1, 0.15) is 5.56 Å². The third-order valence-electron chi connectivity index (χ3n) is 2.14. The summed E-state index contributed by atoms with van der Waals surface area (Å²) in [5, 5.41) is 17.7. The van der Waals surface area contributed by atoms with Gasteiger partial charge in [-0.1, -0.05) is 0 Å². The molecule has 2 N–H and O–H groups in total. The summed E-state index contributed by atoms with van der Waals surface area (Å²) in [6.07, 6.45) is 0.990. The molecule has 2 rings (SSSR count). The number of hydrogen-bond acceptors (Lipinski definition) is 4. The van der Waals surface area contributed by atoms with Crippen molar-refractivity contribution < 1.29 is 9.50 Å². The van der Waals surface area contributed by atoms with E-state index in [9.17, 15) is 9.18 Å². The molecule has 0 aliphatic heterocycles. The summed E-state index contributed by atoms with van der Waals surface area (Å²) in [6, 6.07) is 5.45. The van der Waals surface area contributed by atoms with Gasteiger partial charge in [0.2, 0.25) is 0 Å². The molecule has 1 aromatic heterocycles. The number of nitriles is 1. The molecule has 0 spiro atoms. The van der Waals surface area contributed by atoms with Crippen LogP contribution in [0.15, 0.2) is 29.2 Å². The molecule has 0 atom stereocenters. The fraction of sp³-hybridized carbons (Fsp3) is 0. The average Bonchev–Trinajstić information content (AvgIpc) is 2.33. The van der Waals surface area contributed by atoms with Crippen LogP contribution in [-0.4, -0.2) is 15.1 Å². The molecule has 0 unspecified atom stereocenters. The van der Waals surface area contributed by atoms with E-state index in [0.717, 1.165) is 12.3 Å². The van der Waals surface area contributed by atoms with E-state index in [1.807, 2.05) is 0 Å². The first kappa shape index (κ1) is 10.8. The lowest BCUT2D eigenvalue weighted by atomic mass is 10.1. The van der Waals surface area contributed by atoms with Crippen molar-refractivity contribution in [2.45, 2.75) is 0 Å². The van der Waals surface area contributed by atoms with Crippen LogP contribution >= 0.6 is 0 Å². The molecule has 84 valence electrons. The van der Waals surface area contributed by atoms with Crippen LogP contribution in [-0.2, 0) is 0 Å². The molecule has 0 saturated heterocycles. The van der Waals surface area contributed by atoms with Crippen molar-refractivity contribution in [3.05, 3.63) is 46.1 Å². The lowest BCUT2D eigenvalue weighted by molar-refractivity contribution is 0.463. The zero-order valence-corrected chi connectivity index (χ0v) is 8.44. The lowest BCUT2D eigenvalue weighted by Crippen LogP contribution is -2.07. The maximum atomic E-state index is 13.1. The second-order valence-electron chi connectivity index (χ2n) is 3.25. The summed E-state index contributed by atoms with van der Waals surface area (Å²) in [5.74, 6) is -0.988. The van der Waals surface area contributed by atoms with Crippen molar-refractivity contribution in [2.24, 2.45) is 0 Å². The number of halogens is 1. The van der Waals surface area contributed by atoms with Crippen molar-refractivity contribution in [3.8, 4) is 23.2 Å². The summed E-state index contributed by atoms with van der Waals surface area (Å²) < 4.78 is 13.1. The monoisotopic (exact) mass is 231 g/mol. The van der Waals surface area contributed by atoms with E-state index >= 15 is 0 Å². The molecule has 0 fully saturated rings. The fourth-order valence-electron chi connectivity index (χ4n) is 1.29.